The number of phenols is 1. The summed E-state index contributed by atoms with van der Waals surface area (Å²) in [5, 5.41) is 10.5. The average molecular weight is 340 g/mol. The highest BCUT2D eigenvalue weighted by Gasteiger charge is 2.63. The van der Waals surface area contributed by atoms with Crippen molar-refractivity contribution < 1.29 is 28.5 Å². The summed E-state index contributed by atoms with van der Waals surface area (Å²) in [4.78, 5) is 13.1. The summed E-state index contributed by atoms with van der Waals surface area (Å²) in [5.74, 6) is 0.628. The van der Waals surface area contributed by atoms with Gasteiger partial charge in [-0.05, 0) is 12.1 Å². The third-order valence-corrected chi connectivity index (χ3v) is 5.11. The van der Waals surface area contributed by atoms with Crippen molar-refractivity contribution in [2.24, 2.45) is 0 Å². The monoisotopic (exact) mass is 340 g/mol. The minimum Gasteiger partial charge on any atom is -0.507 e. The zero-order chi connectivity index (χ0) is 16.9. The third-order valence-electron chi connectivity index (χ3n) is 5.11. The van der Waals surface area contributed by atoms with E-state index in [1.54, 1.807) is 18.2 Å². The lowest BCUT2D eigenvalue weighted by Crippen LogP contribution is -2.19. The molecule has 0 saturated carbocycles. The van der Waals surface area contributed by atoms with E-state index in [0.717, 1.165) is 5.56 Å². The first-order valence-corrected chi connectivity index (χ1v) is 7.94. The minimum absolute atomic E-state index is 0.0898. The fourth-order valence-corrected chi connectivity index (χ4v) is 3.96. The lowest BCUT2D eigenvalue weighted by atomic mass is 9.95. The van der Waals surface area contributed by atoms with Crippen LogP contribution in [0.4, 0.5) is 0 Å². The fraction of sp³-hybridized carbons (Fsp3) is 0.278. The predicted molar refractivity (Wildman–Crippen MR) is 85.1 cm³/mol. The molecule has 2 aromatic carbocycles. The molecule has 2 fully saturated rings. The Morgan fingerprint density at radius 2 is 2.04 bits per heavy atom. The van der Waals surface area contributed by atoms with Gasteiger partial charge < -0.3 is 28.5 Å². The maximum Gasteiger partial charge on any atom is 0.212 e. The molecule has 7 nitrogen and oxygen atoms in total. The largest absolute Gasteiger partial charge is 0.507 e. The molecule has 3 aliphatic heterocycles. The van der Waals surface area contributed by atoms with Gasteiger partial charge in [-0.3, -0.25) is 4.79 Å². The van der Waals surface area contributed by atoms with Gasteiger partial charge in [0, 0.05) is 6.07 Å². The molecule has 3 aliphatic rings. The van der Waals surface area contributed by atoms with Crippen molar-refractivity contribution in [3.63, 3.8) is 0 Å². The highest BCUT2D eigenvalue weighted by Crippen LogP contribution is 2.57. The molecule has 4 atom stereocenters. The molecule has 0 aliphatic carbocycles. The van der Waals surface area contributed by atoms with E-state index < -0.39 is 6.29 Å². The second-order valence-corrected chi connectivity index (χ2v) is 6.39. The zero-order valence-electron chi connectivity index (χ0n) is 13.0. The van der Waals surface area contributed by atoms with Crippen molar-refractivity contribution in [1.82, 2.24) is 0 Å². The van der Waals surface area contributed by atoms with Crippen LogP contribution in [-0.4, -0.2) is 30.9 Å². The highest BCUT2D eigenvalue weighted by atomic mass is 16.8. The molecule has 0 spiro atoms. The van der Waals surface area contributed by atoms with Crippen molar-refractivity contribution in [2.75, 3.05) is 7.11 Å². The fourth-order valence-electron chi connectivity index (χ4n) is 3.96. The van der Waals surface area contributed by atoms with Crippen LogP contribution in [-0.2, 0) is 9.47 Å². The van der Waals surface area contributed by atoms with Gasteiger partial charge in [0.15, 0.2) is 6.29 Å². The summed E-state index contributed by atoms with van der Waals surface area (Å²) in [6.07, 6.45) is -0.788. The number of rotatable bonds is 1. The van der Waals surface area contributed by atoms with E-state index in [4.69, 9.17) is 23.4 Å². The van der Waals surface area contributed by atoms with Crippen LogP contribution in [0.2, 0.25) is 0 Å². The Hall–Kier alpha value is -2.77. The van der Waals surface area contributed by atoms with E-state index in [1.807, 2.05) is 0 Å². The maximum absolute atomic E-state index is 13.1. The summed E-state index contributed by atoms with van der Waals surface area (Å²) >= 11 is 0. The molecule has 7 heteroatoms. The molecule has 0 bridgehead atoms. The molecule has 6 rings (SSSR count). The van der Waals surface area contributed by atoms with Crippen molar-refractivity contribution >= 4 is 21.9 Å². The van der Waals surface area contributed by atoms with Crippen LogP contribution in [0.1, 0.15) is 11.5 Å². The van der Waals surface area contributed by atoms with Gasteiger partial charge in [0.1, 0.15) is 45.3 Å². The lowest BCUT2D eigenvalue weighted by molar-refractivity contribution is -0.109. The van der Waals surface area contributed by atoms with E-state index >= 15 is 0 Å². The maximum atomic E-state index is 13.1. The summed E-state index contributed by atoms with van der Waals surface area (Å²) < 4.78 is 28.4. The normalized spacial score (nSPS) is 28.5. The Labute approximate surface area is 140 Å². The first-order valence-electron chi connectivity index (χ1n) is 7.94. The van der Waals surface area contributed by atoms with Gasteiger partial charge >= 0.3 is 0 Å². The van der Waals surface area contributed by atoms with Crippen LogP contribution in [0.5, 0.6) is 17.2 Å². The number of aromatic hydroxyl groups is 1. The number of fused-ring (bicyclic) bond motifs is 8. The number of hydrogen-bond acceptors (Lipinski definition) is 7. The van der Waals surface area contributed by atoms with E-state index in [1.165, 1.54) is 13.2 Å². The Morgan fingerprint density at radius 3 is 2.88 bits per heavy atom. The summed E-state index contributed by atoms with van der Waals surface area (Å²) in [7, 11) is 1.47. The third kappa shape index (κ3) is 1.55. The summed E-state index contributed by atoms with van der Waals surface area (Å²) in [5.41, 5.74) is 1.12. The van der Waals surface area contributed by atoms with Crippen LogP contribution in [0, 0.1) is 0 Å². The van der Waals surface area contributed by atoms with Crippen LogP contribution in [0.3, 0.4) is 0 Å². The quantitative estimate of drug-likeness (QED) is 0.536. The van der Waals surface area contributed by atoms with Gasteiger partial charge in [0.05, 0.1) is 18.6 Å². The second kappa shape index (κ2) is 4.25. The molecule has 0 radical (unpaired) electrons. The number of benzene rings is 2. The Morgan fingerprint density at radius 1 is 1.16 bits per heavy atom. The van der Waals surface area contributed by atoms with Crippen molar-refractivity contribution in [3.05, 3.63) is 40.1 Å². The number of hydrogen-bond donors (Lipinski definition) is 1. The summed E-state index contributed by atoms with van der Waals surface area (Å²) in [6.45, 7) is 0. The SMILES string of the molecule is COc1cc2c(c3oc4cccc(O)c4c(=O)c13)[C@H]1[C@@H](O2)O[C@@H]2O[C@@H]21. The first kappa shape index (κ1) is 13.5. The van der Waals surface area contributed by atoms with E-state index in [9.17, 15) is 9.90 Å². The molecular weight excluding hydrogens is 328 g/mol. The predicted octanol–water partition coefficient (Wildman–Crippen LogP) is 2.22. The zero-order valence-corrected chi connectivity index (χ0v) is 13.0. The van der Waals surface area contributed by atoms with Crippen LogP contribution in [0.15, 0.2) is 33.5 Å². The van der Waals surface area contributed by atoms with Gasteiger partial charge in [-0.1, -0.05) is 6.07 Å². The Bertz CT molecular complexity index is 1130. The van der Waals surface area contributed by atoms with Crippen molar-refractivity contribution in [2.45, 2.75) is 24.6 Å². The lowest BCUT2D eigenvalue weighted by Gasteiger charge is -2.12. The molecule has 25 heavy (non-hydrogen) atoms. The standard InChI is InChI=1S/C18H12O7/c1-21-8-5-9-11(13-16-18(24-16)25-17(13)23-9)15-12(8)14(20)10-6(19)3-2-4-7(10)22-15/h2-5,13,16-19H,1H3/t13-,16-,17+,18+/m1/s1. The highest BCUT2D eigenvalue weighted by molar-refractivity contribution is 5.98. The van der Waals surface area contributed by atoms with Gasteiger partial charge in [0.2, 0.25) is 11.7 Å². The molecule has 1 aromatic heterocycles. The first-order chi connectivity index (χ1) is 12.2. The molecule has 1 N–H and O–H groups in total. The molecule has 0 unspecified atom stereocenters. The topological polar surface area (TPSA) is 90.7 Å². The van der Waals surface area contributed by atoms with Crippen molar-refractivity contribution in [1.29, 1.82) is 0 Å². The number of ether oxygens (including phenoxy) is 4. The Kier molecular flexibility index (Phi) is 2.30. The van der Waals surface area contributed by atoms with Gasteiger partial charge in [-0.2, -0.15) is 0 Å². The minimum atomic E-state index is -0.445. The van der Waals surface area contributed by atoms with Crippen LogP contribution >= 0.6 is 0 Å². The molecule has 0 amide bonds. The van der Waals surface area contributed by atoms with Crippen molar-refractivity contribution in [3.8, 4) is 17.2 Å². The smallest absolute Gasteiger partial charge is 0.212 e. The second-order valence-electron chi connectivity index (χ2n) is 6.39. The van der Waals surface area contributed by atoms with E-state index in [2.05, 4.69) is 0 Å². The van der Waals surface area contributed by atoms with Gasteiger partial charge in [0.25, 0.3) is 0 Å². The number of phenolic OH excluding ortho intramolecular Hbond substituents is 1. The number of methoxy groups -OCH3 is 1. The molecule has 3 aromatic rings. The van der Waals surface area contributed by atoms with E-state index in [0.29, 0.717) is 22.7 Å². The Balaban J connectivity index is 1.79. The van der Waals surface area contributed by atoms with Gasteiger partial charge in [-0.25, -0.2) is 0 Å². The average Bonchev–Trinajstić information content (AvgIpc) is 3.11. The molecule has 4 heterocycles. The van der Waals surface area contributed by atoms with Gasteiger partial charge in [-0.15, -0.1) is 0 Å². The molecule has 2 saturated heterocycles. The van der Waals surface area contributed by atoms with Crippen LogP contribution in [0.25, 0.3) is 21.9 Å². The van der Waals surface area contributed by atoms with Crippen LogP contribution < -0.4 is 14.9 Å². The number of epoxide rings is 1. The van der Waals surface area contributed by atoms with E-state index in [-0.39, 0.29) is 40.3 Å². The molecular formula is C18H12O7. The summed E-state index contributed by atoms with van der Waals surface area (Å²) in [6, 6.07) is 6.40. The molecule has 126 valence electrons.